The van der Waals surface area contributed by atoms with Crippen molar-refractivity contribution in [3.8, 4) is 5.75 Å². The zero-order valence-corrected chi connectivity index (χ0v) is 45.1. The summed E-state index contributed by atoms with van der Waals surface area (Å²) in [5, 5.41) is 13.9. The molecule has 70 heavy (non-hydrogen) atoms. The van der Waals surface area contributed by atoms with Gasteiger partial charge in [-0.15, -0.1) is 0 Å². The molecule has 2 atom stereocenters. The standard InChI is InChI=1S/C52H91N5O13/c1-14-15-30-65-48(64)55-54-43(59)24-22-20-18-16-17-19-21-23-29-53-32-41(58)38-66-42-27-25-39(26-28-42)31-40(57(36-46(62)69-51(8,9)10)37-47(63)70-52(11,12)13)33-56(34-44(60)67-49(2,3)4)35-45(61)68-50(5,6)7/h25-28,40-41,53,58H,14-24,29-38H2,1-13H3,(H,54,59)(H,55,64). The lowest BCUT2D eigenvalue weighted by Gasteiger charge is -2.36. The molecule has 0 aromatic heterocycles. The lowest BCUT2D eigenvalue weighted by atomic mass is 10.0. The van der Waals surface area contributed by atoms with Gasteiger partial charge in [-0.05, 0) is 133 Å². The van der Waals surface area contributed by atoms with Crippen LogP contribution in [0.4, 0.5) is 4.79 Å². The molecular formula is C52H91N5O13. The Bertz CT molecular complexity index is 1640. The van der Waals surface area contributed by atoms with E-state index < -0.39 is 64.5 Å². The van der Waals surface area contributed by atoms with Crippen molar-refractivity contribution in [2.45, 2.75) is 202 Å². The highest BCUT2D eigenvalue weighted by Gasteiger charge is 2.32. The summed E-state index contributed by atoms with van der Waals surface area (Å²) in [5.74, 6) is -1.95. The molecule has 0 saturated carbocycles. The van der Waals surface area contributed by atoms with Crippen molar-refractivity contribution < 1.29 is 62.3 Å². The molecule has 1 rings (SSSR count). The van der Waals surface area contributed by atoms with Crippen LogP contribution in [0.15, 0.2) is 24.3 Å². The number of amides is 2. The van der Waals surface area contributed by atoms with Gasteiger partial charge in [-0.3, -0.25) is 39.2 Å². The Morgan fingerprint density at radius 1 is 0.600 bits per heavy atom. The monoisotopic (exact) mass is 994 g/mol. The molecule has 18 heteroatoms. The summed E-state index contributed by atoms with van der Waals surface area (Å²) in [5.41, 5.74) is 2.28. The highest BCUT2D eigenvalue weighted by molar-refractivity contribution is 5.79. The Kier molecular flexibility index (Phi) is 29.4. The van der Waals surface area contributed by atoms with Crippen molar-refractivity contribution in [3.63, 3.8) is 0 Å². The Morgan fingerprint density at radius 3 is 1.53 bits per heavy atom. The molecule has 0 spiro atoms. The van der Waals surface area contributed by atoms with Crippen LogP contribution in [-0.4, -0.2) is 144 Å². The van der Waals surface area contributed by atoms with Crippen molar-refractivity contribution in [2.24, 2.45) is 0 Å². The lowest BCUT2D eigenvalue weighted by Crippen LogP contribution is -2.52. The highest BCUT2D eigenvalue weighted by atomic mass is 16.6. The first kappa shape index (κ1) is 63.5. The normalized spacial score (nSPS) is 13.0. The number of carbonyl (C=O) groups is 6. The number of hydrogen-bond acceptors (Lipinski definition) is 16. The fourth-order valence-electron chi connectivity index (χ4n) is 6.94. The number of benzene rings is 1. The summed E-state index contributed by atoms with van der Waals surface area (Å²) >= 11 is 0. The first-order valence-electron chi connectivity index (χ1n) is 25.2. The van der Waals surface area contributed by atoms with Crippen LogP contribution in [0.5, 0.6) is 5.75 Å². The predicted molar refractivity (Wildman–Crippen MR) is 269 cm³/mol. The van der Waals surface area contributed by atoms with Gasteiger partial charge in [-0.25, -0.2) is 10.2 Å². The molecule has 0 bridgehead atoms. The van der Waals surface area contributed by atoms with Gasteiger partial charge in [0, 0.05) is 25.6 Å². The Balaban J connectivity index is 2.89. The summed E-state index contributed by atoms with van der Waals surface area (Å²) in [4.78, 5) is 80.0. The smallest absolute Gasteiger partial charge is 0.426 e. The van der Waals surface area contributed by atoms with E-state index in [-0.39, 0.29) is 51.7 Å². The van der Waals surface area contributed by atoms with Crippen LogP contribution < -0.4 is 20.9 Å². The van der Waals surface area contributed by atoms with E-state index in [0.29, 0.717) is 25.3 Å². The van der Waals surface area contributed by atoms with E-state index in [1.54, 1.807) is 105 Å². The van der Waals surface area contributed by atoms with Crippen LogP contribution >= 0.6 is 0 Å². The minimum absolute atomic E-state index is 0.0467. The summed E-state index contributed by atoms with van der Waals surface area (Å²) in [7, 11) is 0. The molecule has 0 radical (unpaired) electrons. The number of aliphatic hydroxyl groups excluding tert-OH is 1. The van der Waals surface area contributed by atoms with Gasteiger partial charge >= 0.3 is 30.0 Å². The average Bonchev–Trinajstić information content (AvgIpc) is 3.19. The Morgan fingerprint density at radius 2 is 1.06 bits per heavy atom. The number of unbranched alkanes of at least 4 members (excludes halogenated alkanes) is 8. The van der Waals surface area contributed by atoms with E-state index in [0.717, 1.165) is 76.3 Å². The van der Waals surface area contributed by atoms with Crippen molar-refractivity contribution in [1.29, 1.82) is 0 Å². The second-order valence-electron chi connectivity index (χ2n) is 21.8. The van der Waals surface area contributed by atoms with Crippen LogP contribution in [0.25, 0.3) is 0 Å². The number of ether oxygens (including phenoxy) is 6. The molecule has 2 unspecified atom stereocenters. The van der Waals surface area contributed by atoms with Crippen LogP contribution in [0.2, 0.25) is 0 Å². The van der Waals surface area contributed by atoms with Gasteiger partial charge in [0.2, 0.25) is 5.91 Å². The van der Waals surface area contributed by atoms with E-state index in [1.807, 2.05) is 19.1 Å². The summed E-state index contributed by atoms with van der Waals surface area (Å²) in [6, 6.07) is 6.63. The molecule has 0 aliphatic heterocycles. The van der Waals surface area contributed by atoms with Crippen LogP contribution in [0.1, 0.15) is 166 Å². The third kappa shape index (κ3) is 35.6. The summed E-state index contributed by atoms with van der Waals surface area (Å²) in [6.45, 7) is 23.5. The lowest BCUT2D eigenvalue weighted by molar-refractivity contribution is -0.165. The number of nitrogens with one attached hydrogen (secondary N) is 3. The van der Waals surface area contributed by atoms with Gasteiger partial charge in [0.05, 0.1) is 32.8 Å². The van der Waals surface area contributed by atoms with Crippen LogP contribution in [0.3, 0.4) is 0 Å². The second kappa shape index (κ2) is 32.5. The molecule has 18 nitrogen and oxygen atoms in total. The number of aliphatic hydroxyl groups is 1. The average molecular weight is 994 g/mol. The number of rotatable bonds is 32. The van der Waals surface area contributed by atoms with Gasteiger partial charge in [0.1, 0.15) is 40.9 Å². The van der Waals surface area contributed by atoms with Gasteiger partial charge in [0.15, 0.2) is 0 Å². The molecule has 0 aliphatic carbocycles. The number of hydrogen-bond donors (Lipinski definition) is 4. The summed E-state index contributed by atoms with van der Waals surface area (Å²) < 4.78 is 33.5. The topological polar surface area (TPSA) is 221 Å². The number of hydrazine groups is 1. The van der Waals surface area contributed by atoms with E-state index in [9.17, 15) is 33.9 Å². The molecule has 0 saturated heterocycles. The third-order valence-electron chi connectivity index (χ3n) is 9.79. The van der Waals surface area contributed by atoms with Crippen molar-refractivity contribution in [3.05, 3.63) is 29.8 Å². The maximum Gasteiger partial charge on any atom is 0.426 e. The zero-order chi connectivity index (χ0) is 53.0. The van der Waals surface area contributed by atoms with Crippen LogP contribution in [0, 0.1) is 0 Å². The second-order valence-corrected chi connectivity index (χ2v) is 21.8. The quantitative estimate of drug-likeness (QED) is 0.0248. The summed E-state index contributed by atoms with van der Waals surface area (Å²) in [6.07, 6.45) is 9.07. The Hall–Kier alpha value is -4.52. The fourth-order valence-corrected chi connectivity index (χ4v) is 6.94. The molecule has 4 N–H and O–H groups in total. The van der Waals surface area contributed by atoms with Gasteiger partial charge in [0.25, 0.3) is 0 Å². The number of carbonyl (C=O) groups excluding carboxylic acids is 6. The number of nitrogens with zero attached hydrogens (tertiary/aromatic N) is 2. The minimum atomic E-state index is -0.802. The SMILES string of the molecule is CCCCOC(=O)NNC(=O)CCCCCCCCCCNCC(O)COc1ccc(CC(CN(CC(=O)OC(C)(C)C)CC(=O)OC(C)(C)C)N(CC(=O)OC(C)(C)C)CC(=O)OC(C)(C)C)cc1. The first-order valence-corrected chi connectivity index (χ1v) is 25.2. The zero-order valence-electron chi connectivity index (χ0n) is 45.1. The van der Waals surface area contributed by atoms with E-state index in [4.69, 9.17) is 28.4 Å². The minimum Gasteiger partial charge on any atom is -0.491 e. The first-order chi connectivity index (χ1) is 32.5. The molecule has 0 fully saturated rings. The third-order valence-corrected chi connectivity index (χ3v) is 9.79. The fraction of sp³-hybridized carbons (Fsp3) is 0.769. The van der Waals surface area contributed by atoms with E-state index >= 15 is 0 Å². The van der Waals surface area contributed by atoms with Gasteiger partial charge in [-0.2, -0.15) is 0 Å². The van der Waals surface area contributed by atoms with E-state index in [2.05, 4.69) is 16.2 Å². The maximum absolute atomic E-state index is 13.4. The number of esters is 4. The van der Waals surface area contributed by atoms with Crippen LogP contribution in [-0.2, 0) is 54.1 Å². The van der Waals surface area contributed by atoms with Crippen molar-refractivity contribution in [1.82, 2.24) is 26.0 Å². The molecular weight excluding hydrogens is 903 g/mol. The highest BCUT2D eigenvalue weighted by Crippen LogP contribution is 2.20. The maximum atomic E-state index is 13.4. The molecule has 1 aromatic rings. The predicted octanol–water partition coefficient (Wildman–Crippen LogP) is 6.97. The largest absolute Gasteiger partial charge is 0.491 e. The van der Waals surface area contributed by atoms with E-state index in [1.165, 1.54) is 0 Å². The molecule has 1 aromatic carbocycles. The molecule has 0 aliphatic rings. The molecule has 402 valence electrons. The molecule has 2 amide bonds. The Labute approximate surface area is 419 Å². The van der Waals surface area contributed by atoms with Crippen molar-refractivity contribution >= 4 is 35.9 Å². The van der Waals surface area contributed by atoms with Crippen molar-refractivity contribution in [2.75, 3.05) is 59.0 Å². The van der Waals surface area contributed by atoms with Gasteiger partial charge in [-0.1, -0.05) is 64.0 Å². The van der Waals surface area contributed by atoms with Gasteiger partial charge < -0.3 is 38.8 Å². The molecule has 0 heterocycles.